The van der Waals surface area contributed by atoms with E-state index in [1.165, 1.54) is 0 Å². The van der Waals surface area contributed by atoms with E-state index in [9.17, 15) is 0 Å². The Hall–Kier alpha value is -0.626. The highest BCUT2D eigenvalue weighted by Crippen LogP contribution is 2.06. The van der Waals surface area contributed by atoms with Crippen molar-refractivity contribution in [2.45, 2.75) is 45.7 Å². The van der Waals surface area contributed by atoms with Gasteiger partial charge in [0, 0.05) is 32.9 Å². The van der Waals surface area contributed by atoms with Crippen molar-refractivity contribution < 1.29 is 0 Å². The molecule has 0 aromatic heterocycles. The van der Waals surface area contributed by atoms with Crippen LogP contribution in [-0.2, 0) is 0 Å². The predicted octanol–water partition coefficient (Wildman–Crippen LogP) is 2.88. The third kappa shape index (κ3) is 7.33. The maximum absolute atomic E-state index is 4.43. The fourth-order valence-corrected chi connectivity index (χ4v) is 1.59. The third-order valence-corrected chi connectivity index (χ3v) is 6.78. The Morgan fingerprint density at radius 1 is 0.765 bits per heavy atom. The summed E-state index contributed by atoms with van der Waals surface area (Å²) in [5.74, 6) is 0. The molecule has 0 rings (SSSR count). The topological polar surface area (TPSA) is 31.2 Å². The second-order valence-electron chi connectivity index (χ2n) is 6.22. The maximum atomic E-state index is 4.43. The van der Waals surface area contributed by atoms with Gasteiger partial charge in [0.1, 0.15) is 0 Å². The average molecular weight is 273 g/mol. The van der Waals surface area contributed by atoms with Crippen LogP contribution < -0.4 is 0 Å². The molecule has 0 aliphatic rings. The Balaban J connectivity index is 4.08. The molecular formula is C11H28N4Si2. The smallest absolute Gasteiger partial charge is 0.168 e. The van der Waals surface area contributed by atoms with E-state index in [1.54, 1.807) is 0 Å². The van der Waals surface area contributed by atoms with E-state index in [2.05, 4.69) is 58.8 Å². The van der Waals surface area contributed by atoms with Crippen molar-refractivity contribution in [2.75, 3.05) is 14.1 Å². The van der Waals surface area contributed by atoms with E-state index in [0.29, 0.717) is 0 Å². The normalized spacial score (nSPS) is 13.6. The van der Waals surface area contributed by atoms with Gasteiger partial charge in [0.05, 0.1) is 0 Å². The zero-order valence-electron chi connectivity index (χ0n) is 12.7. The van der Waals surface area contributed by atoms with Gasteiger partial charge in [-0.1, -0.05) is 39.3 Å². The molecule has 0 saturated heterocycles. The molecule has 0 saturated carbocycles. The van der Waals surface area contributed by atoms with E-state index in [0.717, 1.165) is 6.42 Å². The Kier molecular flexibility index (Phi) is 6.11. The quantitative estimate of drug-likeness (QED) is 0.423. The molecule has 0 aliphatic heterocycles. The monoisotopic (exact) mass is 272 g/mol. The van der Waals surface area contributed by atoms with Crippen LogP contribution in [0.3, 0.4) is 0 Å². The molecule has 4 nitrogen and oxygen atoms in total. The molecule has 17 heavy (non-hydrogen) atoms. The second-order valence-corrected chi connectivity index (χ2v) is 16.2. The van der Waals surface area contributed by atoms with Gasteiger partial charge in [-0.2, -0.15) is 10.2 Å². The summed E-state index contributed by atoms with van der Waals surface area (Å²) in [4.78, 5) is 0. The number of rotatable bonds is 6. The lowest BCUT2D eigenvalue weighted by Crippen LogP contribution is -2.39. The van der Waals surface area contributed by atoms with Crippen molar-refractivity contribution in [1.29, 1.82) is 0 Å². The highest BCUT2D eigenvalue weighted by atomic mass is 28.3. The first-order valence-corrected chi connectivity index (χ1v) is 13.0. The summed E-state index contributed by atoms with van der Waals surface area (Å²) in [6.45, 7) is 13.7. The zero-order valence-corrected chi connectivity index (χ0v) is 14.7. The summed E-state index contributed by atoms with van der Waals surface area (Å²) in [5, 5.41) is 8.85. The van der Waals surface area contributed by atoms with Crippen molar-refractivity contribution in [3.63, 3.8) is 0 Å². The van der Waals surface area contributed by atoms with Gasteiger partial charge in [0.25, 0.3) is 0 Å². The van der Waals surface area contributed by atoms with Gasteiger partial charge < -0.3 is 9.35 Å². The lowest BCUT2D eigenvalue weighted by atomic mass is 10.5. The summed E-state index contributed by atoms with van der Waals surface area (Å²) < 4.78 is 4.20. The minimum atomic E-state index is -1.29. The molecule has 0 aromatic carbocycles. The maximum Gasteiger partial charge on any atom is 0.168 e. The van der Waals surface area contributed by atoms with Gasteiger partial charge in [-0.15, -0.1) is 0 Å². The van der Waals surface area contributed by atoms with E-state index in [4.69, 9.17) is 0 Å². The van der Waals surface area contributed by atoms with E-state index in [1.807, 2.05) is 26.5 Å². The van der Waals surface area contributed by atoms with Crippen LogP contribution in [0.15, 0.2) is 10.2 Å². The Bertz CT molecular complexity index is 248. The van der Waals surface area contributed by atoms with E-state index in [-0.39, 0.29) is 0 Å². The molecule has 100 valence electrons. The predicted molar refractivity (Wildman–Crippen MR) is 83.8 cm³/mol. The van der Waals surface area contributed by atoms with E-state index < -0.39 is 16.5 Å². The summed E-state index contributed by atoms with van der Waals surface area (Å²) in [6, 6.07) is 0. The van der Waals surface area contributed by atoms with E-state index >= 15 is 0 Å². The van der Waals surface area contributed by atoms with Crippen LogP contribution in [0.4, 0.5) is 0 Å². The zero-order chi connectivity index (χ0) is 13.7. The van der Waals surface area contributed by atoms with Gasteiger partial charge in [0.2, 0.25) is 0 Å². The lowest BCUT2D eigenvalue weighted by Gasteiger charge is -2.27. The Labute approximate surface area is 109 Å². The van der Waals surface area contributed by atoms with Gasteiger partial charge in [-0.05, 0) is 0 Å². The van der Waals surface area contributed by atoms with Crippen molar-refractivity contribution in [2.24, 2.45) is 10.2 Å². The summed E-state index contributed by atoms with van der Waals surface area (Å²) in [7, 11) is 1.53. The summed E-state index contributed by atoms with van der Waals surface area (Å²) >= 11 is 0. The highest BCUT2D eigenvalue weighted by molar-refractivity contribution is 6.73. The highest BCUT2D eigenvalue weighted by Gasteiger charge is 2.18. The molecular weight excluding hydrogens is 244 g/mol. The number of nitrogens with zero attached hydrogens (tertiary/aromatic N) is 4. The molecule has 0 amide bonds. The first kappa shape index (κ1) is 16.4. The summed E-state index contributed by atoms with van der Waals surface area (Å²) in [6.07, 6.45) is 4.66. The second kappa shape index (κ2) is 6.35. The average Bonchev–Trinajstić information content (AvgIpc) is 2.13. The molecule has 0 heterocycles. The van der Waals surface area contributed by atoms with Crippen LogP contribution in [-0.4, -0.2) is 52.3 Å². The number of hydrogen-bond donors (Lipinski definition) is 0. The van der Waals surface area contributed by atoms with Crippen LogP contribution in [0.1, 0.15) is 6.42 Å². The molecule has 0 unspecified atom stereocenters. The van der Waals surface area contributed by atoms with Crippen LogP contribution >= 0.6 is 0 Å². The fourth-order valence-electron chi connectivity index (χ4n) is 0.733. The van der Waals surface area contributed by atoms with Crippen LogP contribution in [0.5, 0.6) is 0 Å². The number of hydrogen-bond acceptors (Lipinski definition) is 4. The molecule has 0 N–H and O–H groups in total. The largest absolute Gasteiger partial charge is 0.328 e. The van der Waals surface area contributed by atoms with Crippen LogP contribution in [0.25, 0.3) is 0 Å². The molecule has 0 aliphatic carbocycles. The minimum absolute atomic E-state index is 0.795. The molecule has 0 atom stereocenters. The van der Waals surface area contributed by atoms with Gasteiger partial charge in [0.15, 0.2) is 16.5 Å². The molecule has 0 bridgehead atoms. The number of hydrazone groups is 2. The first-order valence-electron chi connectivity index (χ1n) is 6.07. The van der Waals surface area contributed by atoms with Crippen molar-refractivity contribution in [3.8, 4) is 0 Å². The Morgan fingerprint density at radius 2 is 1.06 bits per heavy atom. The van der Waals surface area contributed by atoms with Gasteiger partial charge >= 0.3 is 0 Å². The SMILES string of the molecule is CN(/N=C/C/C=N/N(C)[Si](C)(C)C)[Si](C)(C)C. The van der Waals surface area contributed by atoms with Gasteiger partial charge in [-0.3, -0.25) is 0 Å². The van der Waals surface area contributed by atoms with Crippen molar-refractivity contribution >= 4 is 28.9 Å². The molecule has 0 fully saturated rings. The van der Waals surface area contributed by atoms with Gasteiger partial charge in [-0.25, -0.2) is 0 Å². The van der Waals surface area contributed by atoms with Crippen LogP contribution in [0.2, 0.25) is 39.3 Å². The molecule has 0 spiro atoms. The molecule has 0 radical (unpaired) electrons. The Morgan fingerprint density at radius 3 is 1.29 bits per heavy atom. The van der Waals surface area contributed by atoms with Crippen molar-refractivity contribution in [3.05, 3.63) is 0 Å². The third-order valence-electron chi connectivity index (χ3n) is 2.66. The van der Waals surface area contributed by atoms with Crippen molar-refractivity contribution in [1.82, 2.24) is 9.35 Å². The lowest BCUT2D eigenvalue weighted by molar-refractivity contribution is 0.548. The van der Waals surface area contributed by atoms with Crippen LogP contribution in [0, 0.1) is 0 Å². The standard InChI is InChI=1S/C11H28N4Si2/c1-14(16(3,4)5)12-10-9-11-13-15(2)17(6,7)8/h10-11H,9H2,1-8H3/b12-10+,13-11+. The molecule has 6 heteroatoms. The molecule has 0 aromatic rings. The summed E-state index contributed by atoms with van der Waals surface area (Å²) in [5.41, 5.74) is 0. The first-order chi connectivity index (χ1) is 7.55. The fraction of sp³-hybridized carbons (Fsp3) is 0.818. The minimum Gasteiger partial charge on any atom is -0.328 e.